The van der Waals surface area contributed by atoms with E-state index in [9.17, 15) is 0 Å². The monoisotopic (exact) mass is 278 g/mol. The van der Waals surface area contributed by atoms with Crippen molar-refractivity contribution in [3.05, 3.63) is 40.2 Å². The first kappa shape index (κ1) is 13.6. The molecule has 2 aromatic rings. The van der Waals surface area contributed by atoms with Crippen molar-refractivity contribution in [1.82, 2.24) is 10.3 Å². The minimum atomic E-state index is 1.00. The lowest BCUT2D eigenvalue weighted by Gasteiger charge is -2.01. The standard InChI is InChI=1S/C14H18N2S2/c1-15-9-8-12-14(11-6-4-3-5-7-11)16-13(18-12)10-17-2/h3-7,15H,8-10H2,1-2H3. The highest BCUT2D eigenvalue weighted by molar-refractivity contribution is 7.97. The van der Waals surface area contributed by atoms with Crippen LogP contribution < -0.4 is 5.32 Å². The van der Waals surface area contributed by atoms with E-state index in [0.29, 0.717) is 0 Å². The molecule has 0 saturated carbocycles. The van der Waals surface area contributed by atoms with Gasteiger partial charge in [-0.25, -0.2) is 4.98 Å². The average Bonchev–Trinajstić information content (AvgIpc) is 2.81. The number of hydrogen-bond donors (Lipinski definition) is 1. The Kier molecular flexibility index (Phi) is 5.23. The quantitative estimate of drug-likeness (QED) is 0.876. The molecule has 4 heteroatoms. The molecule has 2 nitrogen and oxygen atoms in total. The van der Waals surface area contributed by atoms with Gasteiger partial charge in [-0.05, 0) is 26.3 Å². The summed E-state index contributed by atoms with van der Waals surface area (Å²) >= 11 is 3.68. The number of benzene rings is 1. The molecule has 18 heavy (non-hydrogen) atoms. The highest BCUT2D eigenvalue weighted by Gasteiger charge is 2.12. The van der Waals surface area contributed by atoms with Gasteiger partial charge in [0.1, 0.15) is 5.01 Å². The van der Waals surface area contributed by atoms with Crippen molar-refractivity contribution in [2.24, 2.45) is 0 Å². The van der Waals surface area contributed by atoms with Crippen LogP contribution in [-0.4, -0.2) is 24.8 Å². The van der Waals surface area contributed by atoms with Crippen LogP contribution in [0, 0.1) is 0 Å². The lowest BCUT2D eigenvalue weighted by Crippen LogP contribution is -2.09. The van der Waals surface area contributed by atoms with Crippen LogP contribution in [0.4, 0.5) is 0 Å². The Morgan fingerprint density at radius 1 is 1.28 bits per heavy atom. The van der Waals surface area contributed by atoms with Gasteiger partial charge in [0.25, 0.3) is 0 Å². The van der Waals surface area contributed by atoms with Crippen molar-refractivity contribution in [2.45, 2.75) is 12.2 Å². The van der Waals surface area contributed by atoms with Crippen LogP contribution in [0.5, 0.6) is 0 Å². The molecule has 1 aromatic heterocycles. The molecule has 1 heterocycles. The van der Waals surface area contributed by atoms with Crippen molar-refractivity contribution < 1.29 is 0 Å². The first-order valence-electron chi connectivity index (χ1n) is 6.02. The first-order chi connectivity index (χ1) is 8.85. The lowest BCUT2D eigenvalue weighted by atomic mass is 10.1. The second-order valence-corrected chi connectivity index (χ2v) is 6.07. The van der Waals surface area contributed by atoms with Crippen LogP contribution in [0.1, 0.15) is 9.88 Å². The number of thioether (sulfide) groups is 1. The Balaban J connectivity index is 2.31. The first-order valence-corrected chi connectivity index (χ1v) is 8.23. The highest BCUT2D eigenvalue weighted by Crippen LogP contribution is 2.30. The summed E-state index contributed by atoms with van der Waals surface area (Å²) in [7, 11) is 1.99. The zero-order chi connectivity index (χ0) is 12.8. The third-order valence-corrected chi connectivity index (χ3v) is 4.52. The largest absolute Gasteiger partial charge is 0.319 e. The fraction of sp³-hybridized carbons (Fsp3) is 0.357. The minimum absolute atomic E-state index is 1.00. The molecule has 0 spiro atoms. The van der Waals surface area contributed by atoms with Crippen LogP contribution in [-0.2, 0) is 12.2 Å². The number of rotatable bonds is 6. The van der Waals surface area contributed by atoms with Crippen molar-refractivity contribution in [3.63, 3.8) is 0 Å². The van der Waals surface area contributed by atoms with E-state index in [1.807, 2.05) is 36.2 Å². The van der Waals surface area contributed by atoms with Crippen LogP contribution in [0.2, 0.25) is 0 Å². The highest BCUT2D eigenvalue weighted by atomic mass is 32.2. The predicted molar refractivity (Wildman–Crippen MR) is 82.4 cm³/mol. The maximum absolute atomic E-state index is 4.79. The van der Waals surface area contributed by atoms with Crippen molar-refractivity contribution in [2.75, 3.05) is 19.8 Å². The second-order valence-electron chi connectivity index (χ2n) is 4.03. The minimum Gasteiger partial charge on any atom is -0.319 e. The molecule has 0 unspecified atom stereocenters. The van der Waals surface area contributed by atoms with E-state index in [-0.39, 0.29) is 0 Å². The van der Waals surface area contributed by atoms with Crippen molar-refractivity contribution in [1.29, 1.82) is 0 Å². The molecule has 0 saturated heterocycles. The van der Waals surface area contributed by atoms with Crippen molar-refractivity contribution in [3.8, 4) is 11.3 Å². The Labute approximate surface area is 117 Å². The molecule has 96 valence electrons. The van der Waals surface area contributed by atoms with E-state index in [1.54, 1.807) is 0 Å². The number of likely N-dealkylation sites (N-methyl/N-ethyl adjacent to an activating group) is 1. The summed E-state index contributed by atoms with van der Waals surface area (Å²) in [5, 5.41) is 4.44. The van der Waals surface area contributed by atoms with E-state index in [2.05, 4.69) is 35.8 Å². The summed E-state index contributed by atoms with van der Waals surface area (Å²) < 4.78 is 0. The number of nitrogens with zero attached hydrogens (tertiary/aromatic N) is 1. The SMILES string of the molecule is CNCCc1sc(CSC)nc1-c1ccccc1. The van der Waals surface area contributed by atoms with Gasteiger partial charge < -0.3 is 5.32 Å². The van der Waals surface area contributed by atoms with Crippen LogP contribution >= 0.6 is 23.1 Å². The average molecular weight is 278 g/mol. The lowest BCUT2D eigenvalue weighted by molar-refractivity contribution is 0.799. The molecule has 0 atom stereocenters. The van der Waals surface area contributed by atoms with E-state index in [0.717, 1.165) is 18.7 Å². The Morgan fingerprint density at radius 3 is 2.72 bits per heavy atom. The summed E-state index contributed by atoms with van der Waals surface area (Å²) in [4.78, 5) is 6.18. The van der Waals surface area contributed by atoms with Gasteiger partial charge in [0.05, 0.1) is 5.69 Å². The summed E-state index contributed by atoms with van der Waals surface area (Å²) in [6.07, 6.45) is 3.17. The molecular weight excluding hydrogens is 260 g/mol. The van der Waals surface area contributed by atoms with Gasteiger partial charge in [-0.2, -0.15) is 11.8 Å². The number of aromatic nitrogens is 1. The fourth-order valence-corrected chi connectivity index (χ4v) is 3.60. The molecule has 1 aromatic carbocycles. The predicted octanol–water partition coefficient (Wildman–Crippen LogP) is 3.44. The van der Waals surface area contributed by atoms with E-state index < -0.39 is 0 Å². The van der Waals surface area contributed by atoms with E-state index >= 15 is 0 Å². The summed E-state index contributed by atoms with van der Waals surface area (Å²) in [6.45, 7) is 1.00. The molecule has 0 aliphatic carbocycles. The molecule has 0 amide bonds. The number of nitrogens with one attached hydrogen (secondary N) is 1. The van der Waals surface area contributed by atoms with Crippen LogP contribution in [0.3, 0.4) is 0 Å². The van der Waals surface area contributed by atoms with Gasteiger partial charge in [-0.1, -0.05) is 30.3 Å². The van der Waals surface area contributed by atoms with E-state index in [1.165, 1.54) is 21.1 Å². The van der Waals surface area contributed by atoms with Gasteiger partial charge in [0.15, 0.2) is 0 Å². The van der Waals surface area contributed by atoms with Gasteiger partial charge in [-0.15, -0.1) is 11.3 Å². The van der Waals surface area contributed by atoms with Gasteiger partial charge >= 0.3 is 0 Å². The third-order valence-electron chi connectivity index (χ3n) is 2.66. The van der Waals surface area contributed by atoms with Gasteiger partial charge in [0, 0.05) is 16.2 Å². The maximum Gasteiger partial charge on any atom is 0.103 e. The van der Waals surface area contributed by atoms with Gasteiger partial charge in [-0.3, -0.25) is 0 Å². The molecule has 0 bridgehead atoms. The fourth-order valence-electron chi connectivity index (χ4n) is 1.82. The topological polar surface area (TPSA) is 24.9 Å². The Bertz CT molecular complexity index is 480. The van der Waals surface area contributed by atoms with E-state index in [4.69, 9.17) is 4.98 Å². The summed E-state index contributed by atoms with van der Waals surface area (Å²) in [6, 6.07) is 10.5. The molecular formula is C14H18N2S2. The number of thiazole rings is 1. The molecule has 1 N–H and O–H groups in total. The zero-order valence-electron chi connectivity index (χ0n) is 10.8. The molecule has 0 aliphatic heterocycles. The zero-order valence-corrected chi connectivity index (χ0v) is 12.4. The van der Waals surface area contributed by atoms with Crippen LogP contribution in [0.15, 0.2) is 30.3 Å². The van der Waals surface area contributed by atoms with Crippen molar-refractivity contribution >= 4 is 23.1 Å². The second kappa shape index (κ2) is 6.92. The van der Waals surface area contributed by atoms with Crippen LogP contribution in [0.25, 0.3) is 11.3 Å². The normalized spacial score (nSPS) is 10.8. The summed E-state index contributed by atoms with van der Waals surface area (Å²) in [5.74, 6) is 1.00. The Morgan fingerprint density at radius 2 is 2.06 bits per heavy atom. The smallest absolute Gasteiger partial charge is 0.103 e. The van der Waals surface area contributed by atoms with Gasteiger partial charge in [0.2, 0.25) is 0 Å². The molecule has 2 rings (SSSR count). The molecule has 0 aliphatic rings. The maximum atomic E-state index is 4.79. The number of hydrogen-bond acceptors (Lipinski definition) is 4. The third kappa shape index (κ3) is 3.34. The molecule has 0 radical (unpaired) electrons. The summed E-state index contributed by atoms with van der Waals surface area (Å²) in [5.41, 5.74) is 2.40. The molecule has 0 fully saturated rings. The Hall–Kier alpha value is -0.840.